The normalized spacial score (nSPS) is 10.6. The quantitative estimate of drug-likeness (QED) is 0.185. The van der Waals surface area contributed by atoms with E-state index in [0.717, 1.165) is 30.7 Å². The van der Waals surface area contributed by atoms with Crippen molar-refractivity contribution >= 4 is 17.8 Å². The van der Waals surface area contributed by atoms with Gasteiger partial charge in [-0.15, -0.1) is 0 Å². The van der Waals surface area contributed by atoms with Crippen LogP contribution in [0.4, 0.5) is 10.6 Å². The fraction of sp³-hybridized carbons (Fsp3) is 0.391. The number of methoxy groups -OCH3 is 1. The summed E-state index contributed by atoms with van der Waals surface area (Å²) in [5.74, 6) is 0.820. The van der Waals surface area contributed by atoms with Gasteiger partial charge in [0.05, 0.1) is 24.7 Å². The number of unbranched alkanes of at least 4 members (excludes halogenated alkanes) is 3. The highest BCUT2D eigenvalue weighted by Gasteiger charge is 2.14. The molecule has 3 heterocycles. The molecule has 0 bridgehead atoms. The number of rotatable bonds is 11. The third-order valence-corrected chi connectivity index (χ3v) is 5.14. The molecular weight excluding hydrogens is 452 g/mol. The van der Waals surface area contributed by atoms with E-state index in [1.165, 1.54) is 0 Å². The molecule has 12 heteroatoms. The summed E-state index contributed by atoms with van der Waals surface area (Å²) in [6, 6.07) is 4.99. The number of amides is 3. The second-order valence-electron chi connectivity index (χ2n) is 7.97. The molecule has 0 aliphatic heterocycles. The minimum Gasteiger partial charge on any atom is -0.495 e. The summed E-state index contributed by atoms with van der Waals surface area (Å²) in [6.07, 6.45) is 6.64. The molecule has 3 amide bonds. The van der Waals surface area contributed by atoms with Crippen molar-refractivity contribution in [3.8, 4) is 23.0 Å². The number of nitrogens with one attached hydrogen (secondary N) is 3. The van der Waals surface area contributed by atoms with Gasteiger partial charge in [0.1, 0.15) is 11.6 Å². The highest BCUT2D eigenvalue weighted by molar-refractivity contribution is 5.88. The lowest BCUT2D eigenvalue weighted by molar-refractivity contribution is -0.129. The molecule has 0 spiro atoms. The molecule has 35 heavy (non-hydrogen) atoms. The zero-order valence-corrected chi connectivity index (χ0v) is 20.0. The van der Waals surface area contributed by atoms with E-state index in [1.54, 1.807) is 41.8 Å². The molecule has 4 N–H and O–H groups in total. The van der Waals surface area contributed by atoms with Crippen molar-refractivity contribution in [2.45, 2.75) is 46.0 Å². The number of carbonyl (C=O) groups is 2. The first-order valence-corrected chi connectivity index (χ1v) is 11.3. The van der Waals surface area contributed by atoms with Crippen LogP contribution in [0.2, 0.25) is 0 Å². The van der Waals surface area contributed by atoms with Crippen LogP contribution in [0, 0.1) is 13.8 Å². The van der Waals surface area contributed by atoms with Crippen LogP contribution >= 0.6 is 0 Å². The second-order valence-corrected chi connectivity index (χ2v) is 7.97. The molecule has 0 saturated carbocycles. The highest BCUT2D eigenvalue weighted by Crippen LogP contribution is 2.24. The Balaban J connectivity index is 1.69. The minimum atomic E-state index is -0.392. The Hall–Kier alpha value is -4.06. The molecule has 0 atom stereocenters. The van der Waals surface area contributed by atoms with E-state index in [0.29, 0.717) is 41.7 Å². The van der Waals surface area contributed by atoms with Crippen LogP contribution < -0.4 is 20.9 Å². The third-order valence-electron chi connectivity index (χ3n) is 5.14. The van der Waals surface area contributed by atoms with Gasteiger partial charge in [-0.3, -0.25) is 20.3 Å². The SMILES string of the molecule is COc1cncc(-c2cc(NC(=O)NCCCCCCC(=O)NO)nc(-n3nc(C)cc3C)n2)c1. The number of hydrogen-bond acceptors (Lipinski definition) is 8. The van der Waals surface area contributed by atoms with Crippen molar-refractivity contribution in [1.82, 2.24) is 35.5 Å². The fourth-order valence-electron chi connectivity index (χ4n) is 3.43. The van der Waals surface area contributed by atoms with Crippen molar-refractivity contribution in [1.29, 1.82) is 0 Å². The van der Waals surface area contributed by atoms with Gasteiger partial charge in [-0.25, -0.2) is 19.9 Å². The van der Waals surface area contributed by atoms with E-state index in [1.807, 2.05) is 19.9 Å². The van der Waals surface area contributed by atoms with Gasteiger partial charge in [0, 0.05) is 36.5 Å². The lowest BCUT2D eigenvalue weighted by Gasteiger charge is -2.11. The average Bonchev–Trinajstić information content (AvgIpc) is 3.20. The van der Waals surface area contributed by atoms with Gasteiger partial charge < -0.3 is 10.1 Å². The zero-order chi connectivity index (χ0) is 25.2. The van der Waals surface area contributed by atoms with Crippen LogP contribution in [-0.2, 0) is 4.79 Å². The molecule has 186 valence electrons. The van der Waals surface area contributed by atoms with Gasteiger partial charge in [-0.2, -0.15) is 10.1 Å². The van der Waals surface area contributed by atoms with E-state index in [-0.39, 0.29) is 6.42 Å². The Morgan fingerprint density at radius 1 is 1.06 bits per heavy atom. The number of hydrogen-bond donors (Lipinski definition) is 4. The van der Waals surface area contributed by atoms with Crippen LogP contribution in [0.3, 0.4) is 0 Å². The van der Waals surface area contributed by atoms with Crippen LogP contribution in [0.15, 0.2) is 30.6 Å². The lowest BCUT2D eigenvalue weighted by atomic mass is 10.1. The molecule has 0 fully saturated rings. The van der Waals surface area contributed by atoms with Crippen LogP contribution in [0.25, 0.3) is 17.2 Å². The fourth-order valence-corrected chi connectivity index (χ4v) is 3.43. The standard InChI is InChI=1S/C23H30N8O4/c1-15-10-16(2)31(29-15)22-26-19(17-11-18(35-3)14-24-13-17)12-20(27-22)28-23(33)25-9-7-5-4-6-8-21(32)30-34/h10-14,34H,4-9H2,1-3H3,(H,30,32)(H2,25,26,27,28,33). The molecule has 0 aliphatic carbocycles. The van der Waals surface area contributed by atoms with Crippen molar-refractivity contribution < 1.29 is 19.5 Å². The molecule has 0 aromatic carbocycles. The van der Waals surface area contributed by atoms with Gasteiger partial charge in [0.15, 0.2) is 0 Å². The maximum absolute atomic E-state index is 12.5. The molecular formula is C23H30N8O4. The zero-order valence-electron chi connectivity index (χ0n) is 20.0. The molecule has 0 saturated heterocycles. The Morgan fingerprint density at radius 2 is 1.86 bits per heavy atom. The summed E-state index contributed by atoms with van der Waals surface area (Å²) in [7, 11) is 1.56. The maximum atomic E-state index is 12.5. The van der Waals surface area contributed by atoms with E-state index >= 15 is 0 Å². The van der Waals surface area contributed by atoms with Crippen molar-refractivity contribution in [2.75, 3.05) is 19.0 Å². The average molecular weight is 483 g/mol. The predicted octanol–water partition coefficient (Wildman–Crippen LogP) is 2.93. The van der Waals surface area contributed by atoms with Gasteiger partial charge in [0.2, 0.25) is 5.91 Å². The third kappa shape index (κ3) is 7.47. The summed E-state index contributed by atoms with van der Waals surface area (Å²) in [6.45, 7) is 4.26. The van der Waals surface area contributed by atoms with Crippen LogP contribution in [-0.4, -0.2) is 55.5 Å². The Bertz CT molecular complexity index is 1160. The van der Waals surface area contributed by atoms with Crippen LogP contribution in [0.1, 0.15) is 43.5 Å². The number of carbonyl (C=O) groups excluding carboxylic acids is 2. The summed E-state index contributed by atoms with van der Waals surface area (Å²) >= 11 is 0. The van der Waals surface area contributed by atoms with Gasteiger partial charge in [0.25, 0.3) is 5.95 Å². The first-order valence-electron chi connectivity index (χ1n) is 11.3. The molecule has 3 aromatic rings. The predicted molar refractivity (Wildman–Crippen MR) is 128 cm³/mol. The second kappa shape index (κ2) is 12.4. The summed E-state index contributed by atoms with van der Waals surface area (Å²) in [5.41, 5.74) is 4.55. The molecule has 12 nitrogen and oxygen atoms in total. The van der Waals surface area contributed by atoms with E-state index in [2.05, 4.69) is 30.7 Å². The van der Waals surface area contributed by atoms with Crippen molar-refractivity contribution in [3.63, 3.8) is 0 Å². The Morgan fingerprint density at radius 3 is 2.57 bits per heavy atom. The smallest absolute Gasteiger partial charge is 0.320 e. The van der Waals surface area contributed by atoms with E-state index in [4.69, 9.17) is 9.94 Å². The van der Waals surface area contributed by atoms with Crippen molar-refractivity contribution in [2.24, 2.45) is 0 Å². The number of aryl methyl sites for hydroxylation is 2. The number of urea groups is 1. The van der Waals surface area contributed by atoms with E-state index < -0.39 is 11.9 Å². The lowest BCUT2D eigenvalue weighted by Crippen LogP contribution is -2.30. The molecule has 3 rings (SSSR count). The van der Waals surface area contributed by atoms with Crippen LogP contribution in [0.5, 0.6) is 5.75 Å². The molecule has 0 unspecified atom stereocenters. The van der Waals surface area contributed by atoms with Gasteiger partial charge >= 0.3 is 6.03 Å². The van der Waals surface area contributed by atoms with Crippen molar-refractivity contribution in [3.05, 3.63) is 42.0 Å². The topological polar surface area (TPSA) is 156 Å². The summed E-state index contributed by atoms with van der Waals surface area (Å²) < 4.78 is 6.89. The summed E-state index contributed by atoms with van der Waals surface area (Å²) in [5, 5.41) is 18.5. The van der Waals surface area contributed by atoms with Gasteiger partial charge in [-0.1, -0.05) is 12.8 Å². The first-order chi connectivity index (χ1) is 16.9. The van der Waals surface area contributed by atoms with Gasteiger partial charge in [-0.05, 0) is 38.8 Å². The number of ether oxygens (including phenoxy) is 1. The number of hydroxylamine groups is 1. The number of nitrogens with zero attached hydrogens (tertiary/aromatic N) is 5. The molecule has 3 aromatic heterocycles. The number of anilines is 1. The monoisotopic (exact) mass is 482 g/mol. The van der Waals surface area contributed by atoms with E-state index in [9.17, 15) is 9.59 Å². The number of aromatic nitrogens is 5. The Kier molecular flexibility index (Phi) is 9.07. The number of pyridine rings is 1. The summed E-state index contributed by atoms with van der Waals surface area (Å²) in [4.78, 5) is 36.8. The molecule has 0 radical (unpaired) electrons. The molecule has 0 aliphatic rings. The highest BCUT2D eigenvalue weighted by atomic mass is 16.5. The minimum absolute atomic E-state index is 0.279. The maximum Gasteiger partial charge on any atom is 0.320 e. The first kappa shape index (κ1) is 25.6. The Labute approximate surface area is 203 Å². The largest absolute Gasteiger partial charge is 0.495 e.